The van der Waals surface area contributed by atoms with Gasteiger partial charge in [-0.05, 0) is 72.5 Å². The number of aliphatic hydroxyl groups is 1. The van der Waals surface area contributed by atoms with Gasteiger partial charge in [-0.1, -0.05) is 79.8 Å². The molecule has 0 bridgehead atoms. The molecule has 2 fully saturated rings. The first-order valence-corrected chi connectivity index (χ1v) is 19.9. The van der Waals surface area contributed by atoms with Gasteiger partial charge in [-0.15, -0.1) is 0 Å². The van der Waals surface area contributed by atoms with Crippen molar-refractivity contribution in [2.24, 2.45) is 5.92 Å². The van der Waals surface area contributed by atoms with Crippen LogP contribution >= 0.6 is 0 Å². The maximum Gasteiger partial charge on any atom is 0.226 e. The fourth-order valence-corrected chi connectivity index (χ4v) is 11.7. The maximum absolute atomic E-state index is 13.9. The van der Waals surface area contributed by atoms with E-state index in [1.54, 1.807) is 12.0 Å². The van der Waals surface area contributed by atoms with Crippen molar-refractivity contribution in [2.75, 3.05) is 31.7 Å². The Balaban J connectivity index is 1.36. The summed E-state index contributed by atoms with van der Waals surface area (Å²) < 4.78 is 12.4. The lowest BCUT2D eigenvalue weighted by Gasteiger charge is -2.36. The van der Waals surface area contributed by atoms with E-state index in [-0.39, 0.29) is 48.5 Å². The summed E-state index contributed by atoms with van der Waals surface area (Å²) in [4.78, 5) is 30.2. The Morgan fingerprint density at radius 2 is 1.74 bits per heavy atom. The van der Waals surface area contributed by atoms with Crippen LogP contribution < -0.4 is 14.8 Å². The van der Waals surface area contributed by atoms with Crippen molar-refractivity contribution in [3.05, 3.63) is 90.0 Å². The number of carbonyl (C=O) groups excluding carboxylic acids is 2. The zero-order valence-corrected chi connectivity index (χ0v) is 28.9. The molecule has 7 nitrogen and oxygen atoms in total. The predicted molar refractivity (Wildman–Crippen MR) is 186 cm³/mol. The van der Waals surface area contributed by atoms with Crippen molar-refractivity contribution in [3.8, 4) is 5.75 Å². The van der Waals surface area contributed by atoms with Crippen LogP contribution in [-0.4, -0.2) is 68.9 Å². The van der Waals surface area contributed by atoms with E-state index in [4.69, 9.17) is 9.47 Å². The van der Waals surface area contributed by atoms with Crippen molar-refractivity contribution in [3.63, 3.8) is 0 Å². The third kappa shape index (κ3) is 7.90. The lowest BCUT2D eigenvalue weighted by atomic mass is 9.94. The Morgan fingerprint density at radius 1 is 1.00 bits per heavy atom. The summed E-state index contributed by atoms with van der Waals surface area (Å²) in [6.45, 7) is 8.55. The van der Waals surface area contributed by atoms with Gasteiger partial charge in [-0.3, -0.25) is 9.59 Å². The smallest absolute Gasteiger partial charge is 0.226 e. The Labute approximate surface area is 275 Å². The second-order valence-electron chi connectivity index (χ2n) is 13.5. The number of benzene rings is 3. The van der Waals surface area contributed by atoms with Gasteiger partial charge in [-0.25, -0.2) is 0 Å². The van der Waals surface area contributed by atoms with Gasteiger partial charge >= 0.3 is 0 Å². The summed E-state index contributed by atoms with van der Waals surface area (Å²) in [5, 5.41) is 11.1. The SMILES string of the molecule is COc1ccc([Si](C)(C)[C@H]2[C@H](C)[C@H](CCc3cccc(N4CCCCC4=O)c3)O[C@@H]2CC(=O)N(CCO)Cc2ccccc2)cc1. The number of methoxy groups -OCH3 is 1. The van der Waals surface area contributed by atoms with Crippen LogP contribution in [0.4, 0.5) is 5.69 Å². The van der Waals surface area contributed by atoms with Crippen LogP contribution in [0.2, 0.25) is 18.6 Å². The number of rotatable bonds is 13. The molecule has 0 aliphatic carbocycles. The molecule has 0 aromatic heterocycles. The molecule has 4 atom stereocenters. The number of anilines is 1. The van der Waals surface area contributed by atoms with Crippen LogP contribution in [0.3, 0.4) is 0 Å². The molecule has 46 heavy (non-hydrogen) atoms. The summed E-state index contributed by atoms with van der Waals surface area (Å²) in [7, 11) is -0.452. The van der Waals surface area contributed by atoms with Crippen LogP contribution in [0.1, 0.15) is 50.2 Å². The number of nitrogens with zero attached hydrogens (tertiary/aromatic N) is 2. The van der Waals surface area contributed by atoms with Gasteiger partial charge in [-0.2, -0.15) is 0 Å². The highest BCUT2D eigenvalue weighted by Crippen LogP contribution is 2.46. The Hall–Kier alpha value is -3.46. The topological polar surface area (TPSA) is 79.3 Å². The van der Waals surface area contributed by atoms with E-state index in [0.29, 0.717) is 19.5 Å². The van der Waals surface area contributed by atoms with E-state index < -0.39 is 8.07 Å². The van der Waals surface area contributed by atoms with E-state index in [2.05, 4.69) is 50.3 Å². The highest BCUT2D eigenvalue weighted by Gasteiger charge is 2.51. The van der Waals surface area contributed by atoms with Crippen LogP contribution in [0, 0.1) is 5.92 Å². The number of amides is 2. The fourth-order valence-electron chi connectivity index (χ4n) is 7.63. The molecule has 0 spiro atoms. The first kappa shape index (κ1) is 33.9. The minimum absolute atomic E-state index is 0.00788. The van der Waals surface area contributed by atoms with Crippen molar-refractivity contribution in [1.82, 2.24) is 4.90 Å². The van der Waals surface area contributed by atoms with Gasteiger partial charge < -0.3 is 24.4 Å². The molecule has 2 aliphatic heterocycles. The first-order valence-electron chi connectivity index (χ1n) is 16.8. The normalized spacial score (nSPS) is 21.8. The van der Waals surface area contributed by atoms with Crippen molar-refractivity contribution < 1.29 is 24.2 Å². The summed E-state index contributed by atoms with van der Waals surface area (Å²) in [5.41, 5.74) is 3.45. The second kappa shape index (κ2) is 15.4. The van der Waals surface area contributed by atoms with Gasteiger partial charge in [0.15, 0.2) is 0 Å². The van der Waals surface area contributed by atoms with Crippen LogP contribution in [0.5, 0.6) is 5.75 Å². The third-order valence-electron chi connectivity index (χ3n) is 10.1. The molecule has 2 aliphatic rings. The molecule has 0 saturated carbocycles. The molecule has 5 rings (SSSR count). The van der Waals surface area contributed by atoms with Crippen molar-refractivity contribution in [2.45, 2.75) is 82.8 Å². The number of aliphatic hydroxyl groups excluding tert-OH is 1. The fraction of sp³-hybridized carbons (Fsp3) is 0.474. The van der Waals surface area contributed by atoms with Gasteiger partial charge in [0.1, 0.15) is 5.75 Å². The minimum atomic E-state index is -2.14. The molecular formula is C38H50N2O5Si. The molecule has 1 N–H and O–H groups in total. The molecule has 0 unspecified atom stereocenters. The lowest BCUT2D eigenvalue weighted by molar-refractivity contribution is -0.135. The number of ether oxygens (including phenoxy) is 2. The van der Waals surface area contributed by atoms with Crippen LogP contribution in [-0.2, 0) is 27.3 Å². The summed E-state index contributed by atoms with van der Waals surface area (Å²) in [6.07, 6.45) is 4.40. The molecule has 2 saturated heterocycles. The van der Waals surface area contributed by atoms with E-state index in [0.717, 1.165) is 49.2 Å². The van der Waals surface area contributed by atoms with Gasteiger partial charge in [0.2, 0.25) is 11.8 Å². The van der Waals surface area contributed by atoms with E-state index in [1.165, 1.54) is 10.8 Å². The predicted octanol–water partition coefficient (Wildman–Crippen LogP) is 5.95. The first-order chi connectivity index (χ1) is 22.2. The number of piperidine rings is 1. The molecular weight excluding hydrogens is 593 g/mol. The third-order valence-corrected chi connectivity index (χ3v) is 14.5. The molecule has 3 aromatic carbocycles. The largest absolute Gasteiger partial charge is 0.497 e. The number of hydrogen-bond acceptors (Lipinski definition) is 5. The van der Waals surface area contributed by atoms with Gasteiger partial charge in [0.05, 0.1) is 40.4 Å². The van der Waals surface area contributed by atoms with Gasteiger partial charge in [0.25, 0.3) is 0 Å². The highest BCUT2D eigenvalue weighted by atomic mass is 28.3. The molecule has 246 valence electrons. The average Bonchev–Trinajstić information content (AvgIpc) is 3.39. The standard InChI is InChI=1S/C38H50N2O5Si/c1-28-34(21-16-29-13-10-14-31(25-29)40-22-9-8-15-36(40)42)45-35(38(28)46(3,4)33-19-17-32(44-2)18-20-33)26-37(43)39(23-24-41)27-30-11-6-5-7-12-30/h5-7,10-14,17-20,25,28,34-35,38,41H,8-9,15-16,21-24,26-27H2,1-4H3/t28-,34+,35-,38+/m1/s1. The maximum atomic E-state index is 13.9. The van der Waals surface area contributed by atoms with E-state index in [9.17, 15) is 14.7 Å². The summed E-state index contributed by atoms with van der Waals surface area (Å²) in [6, 6.07) is 26.8. The van der Waals surface area contributed by atoms with E-state index in [1.807, 2.05) is 53.4 Å². The summed E-state index contributed by atoms with van der Waals surface area (Å²) >= 11 is 0. The second-order valence-corrected chi connectivity index (χ2v) is 18.2. The lowest BCUT2D eigenvalue weighted by Crippen LogP contribution is -2.51. The quantitative estimate of drug-likeness (QED) is 0.234. The van der Waals surface area contributed by atoms with Crippen LogP contribution in [0.15, 0.2) is 78.9 Å². The molecule has 2 amide bonds. The Bertz CT molecular complexity index is 1450. The zero-order valence-electron chi connectivity index (χ0n) is 27.9. The highest BCUT2D eigenvalue weighted by molar-refractivity contribution is 6.91. The van der Waals surface area contributed by atoms with Crippen molar-refractivity contribution in [1.29, 1.82) is 0 Å². The average molecular weight is 643 g/mol. The summed E-state index contributed by atoms with van der Waals surface area (Å²) in [5.74, 6) is 1.32. The van der Waals surface area contributed by atoms with Crippen LogP contribution in [0.25, 0.3) is 0 Å². The Morgan fingerprint density at radius 3 is 2.43 bits per heavy atom. The number of hydrogen-bond donors (Lipinski definition) is 1. The molecule has 8 heteroatoms. The molecule has 3 aromatic rings. The monoisotopic (exact) mass is 642 g/mol. The zero-order chi connectivity index (χ0) is 32.7. The van der Waals surface area contributed by atoms with Crippen molar-refractivity contribution >= 4 is 30.8 Å². The number of carbonyl (C=O) groups is 2. The Kier molecular flexibility index (Phi) is 11.4. The van der Waals surface area contributed by atoms with E-state index >= 15 is 0 Å². The molecule has 2 heterocycles. The molecule has 0 radical (unpaired) electrons. The van der Waals surface area contributed by atoms with Gasteiger partial charge in [0, 0.05) is 31.7 Å². The number of aryl methyl sites for hydroxylation is 1. The minimum Gasteiger partial charge on any atom is -0.497 e.